The molecular formula is C54H74N8O10. The smallest absolute Gasteiger partial charge is 0.246 e. The molecule has 72 heavy (non-hydrogen) atoms. The van der Waals surface area contributed by atoms with Gasteiger partial charge in [-0.3, -0.25) is 28.8 Å². The number of aliphatic hydroxyl groups excluding tert-OH is 2. The van der Waals surface area contributed by atoms with Crippen LogP contribution in [0.25, 0.3) is 0 Å². The van der Waals surface area contributed by atoms with Crippen molar-refractivity contribution in [3.05, 3.63) is 70.8 Å². The zero-order valence-corrected chi connectivity index (χ0v) is 42.5. The molecule has 0 spiro atoms. The molecule has 0 saturated carbocycles. The van der Waals surface area contributed by atoms with Gasteiger partial charge >= 0.3 is 0 Å². The van der Waals surface area contributed by atoms with E-state index in [1.165, 1.54) is 20.9 Å². The van der Waals surface area contributed by atoms with Gasteiger partial charge in [0.1, 0.15) is 49.5 Å². The molecule has 2 fully saturated rings. The lowest BCUT2D eigenvalue weighted by atomic mass is 9.85. The van der Waals surface area contributed by atoms with E-state index in [0.29, 0.717) is 0 Å². The van der Waals surface area contributed by atoms with Gasteiger partial charge in [0, 0.05) is 25.9 Å². The van der Waals surface area contributed by atoms with Crippen LogP contribution in [0.4, 0.5) is 0 Å². The van der Waals surface area contributed by atoms with Gasteiger partial charge in [-0.1, -0.05) is 102 Å². The lowest BCUT2D eigenvalue weighted by molar-refractivity contribution is -0.144. The molecule has 2 saturated heterocycles. The van der Waals surface area contributed by atoms with E-state index in [1.54, 1.807) is 41.5 Å². The summed E-state index contributed by atoms with van der Waals surface area (Å²) in [6, 6.07) is 9.12. The Morgan fingerprint density at radius 2 is 1.01 bits per heavy atom. The first-order chi connectivity index (χ1) is 34.2. The van der Waals surface area contributed by atoms with E-state index in [0.717, 1.165) is 49.7 Å². The number of amides is 6. The summed E-state index contributed by atoms with van der Waals surface area (Å²) in [5, 5.41) is 30.8. The molecule has 6 amide bonds. The number of likely N-dealkylation sites (tertiary alicyclic amines) is 2. The standard InChI is InChI=1S/C54H74N8O10/c1-53(2,3)45(59-47(65)39(55)31-63)51(69)61-29-35(27-43(61)49(67)57-41-23-15-19-33-17-9-11-21-37(33)41)71-25-13-7-8-14-26-72-36-28-44(50(68)58-42-24-16-20-34-18-10-12-22-38(34)42)62(30-36)52(70)46(54(4,5)6)60-48(66)40(56)32-64/h9-12,17-18,21-22,35-36,39-46,63-64H,15-16,19-20,23-32,55-56H2,1-6H3,(H,57,67)(H,58,68)(H,59,65)(H,60,66)/t35-,36-,39-,40-,41+,42?,43-,44-,45+,46+/m0/s1. The Bertz CT molecular complexity index is 2250. The third-order valence-corrected chi connectivity index (χ3v) is 14.0. The van der Waals surface area contributed by atoms with Crippen molar-refractivity contribution in [2.45, 2.75) is 153 Å². The molecular weight excluding hydrogens is 921 g/mol. The van der Waals surface area contributed by atoms with Gasteiger partial charge in [0.25, 0.3) is 0 Å². The highest BCUT2D eigenvalue weighted by atomic mass is 16.5. The average molecular weight is 995 g/mol. The molecule has 18 heteroatoms. The number of fused-ring (bicyclic) bond motifs is 2. The summed E-state index contributed by atoms with van der Waals surface area (Å²) < 4.78 is 12.2. The number of hydrogen-bond donors (Lipinski definition) is 8. The Labute approximate surface area is 423 Å². The molecule has 0 radical (unpaired) electrons. The van der Waals surface area contributed by atoms with Crippen LogP contribution in [-0.2, 0) is 51.1 Å². The Balaban J connectivity index is 1.10. The van der Waals surface area contributed by atoms with E-state index in [4.69, 9.17) is 20.9 Å². The first-order valence-corrected chi connectivity index (χ1v) is 25.1. The van der Waals surface area contributed by atoms with Gasteiger partial charge in [0.05, 0.1) is 37.5 Å². The van der Waals surface area contributed by atoms with E-state index >= 15 is 0 Å². The highest BCUT2D eigenvalue weighted by Gasteiger charge is 2.48. The Kier molecular flexibility index (Phi) is 19.0. The third-order valence-electron chi connectivity index (χ3n) is 14.0. The van der Waals surface area contributed by atoms with Gasteiger partial charge in [0.2, 0.25) is 35.4 Å². The van der Waals surface area contributed by atoms with E-state index in [-0.39, 0.29) is 63.0 Å². The summed E-state index contributed by atoms with van der Waals surface area (Å²) in [5.74, 6) is 8.27. The summed E-state index contributed by atoms with van der Waals surface area (Å²) >= 11 is 0. The number of aryl methyl sites for hydroxylation is 2. The maximum Gasteiger partial charge on any atom is 0.246 e. The molecule has 6 rings (SSSR count). The van der Waals surface area contributed by atoms with Crippen molar-refractivity contribution in [1.82, 2.24) is 31.1 Å². The van der Waals surface area contributed by atoms with Gasteiger partial charge in [-0.2, -0.15) is 0 Å². The maximum atomic E-state index is 14.4. The number of aliphatic hydroxyl groups is 2. The monoisotopic (exact) mass is 995 g/mol. The Hall–Kier alpha value is -5.86. The normalized spacial score (nSPS) is 23.3. The Morgan fingerprint density at radius 1 is 0.639 bits per heavy atom. The molecule has 0 bridgehead atoms. The van der Waals surface area contributed by atoms with Crippen LogP contribution in [-0.4, -0.2) is 143 Å². The number of nitrogens with zero attached hydrogens (tertiary/aromatic N) is 2. The molecule has 10 N–H and O–H groups in total. The van der Waals surface area contributed by atoms with Crippen molar-refractivity contribution in [3.63, 3.8) is 0 Å². The molecule has 10 atom stereocenters. The maximum absolute atomic E-state index is 14.4. The van der Waals surface area contributed by atoms with Crippen molar-refractivity contribution < 1.29 is 48.5 Å². The quantitative estimate of drug-likeness (QED) is 0.110. The predicted molar refractivity (Wildman–Crippen MR) is 269 cm³/mol. The molecule has 2 aliphatic carbocycles. The molecule has 2 aromatic rings. The summed E-state index contributed by atoms with van der Waals surface area (Å²) in [6.45, 7) is 9.54. The van der Waals surface area contributed by atoms with Crippen LogP contribution < -0.4 is 32.7 Å². The largest absolute Gasteiger partial charge is 0.394 e. The first-order valence-electron chi connectivity index (χ1n) is 25.1. The lowest BCUT2D eigenvalue weighted by Gasteiger charge is -2.36. The Morgan fingerprint density at radius 3 is 1.38 bits per heavy atom. The number of nitrogens with one attached hydrogen (secondary N) is 4. The van der Waals surface area contributed by atoms with Crippen LogP contribution in [0.2, 0.25) is 0 Å². The second-order valence-electron chi connectivity index (χ2n) is 21.5. The first kappa shape index (κ1) is 55.5. The number of nitrogens with two attached hydrogens (primary N) is 2. The zero-order chi connectivity index (χ0) is 52.3. The third kappa shape index (κ3) is 14.0. The van der Waals surface area contributed by atoms with Crippen LogP contribution in [0.1, 0.15) is 114 Å². The fraction of sp³-hybridized carbons (Fsp3) is 0.593. The number of rotatable bonds is 16. The van der Waals surface area contributed by atoms with Crippen molar-refractivity contribution in [1.29, 1.82) is 0 Å². The van der Waals surface area contributed by atoms with Crippen molar-refractivity contribution in [3.8, 4) is 23.7 Å². The van der Waals surface area contributed by atoms with Crippen LogP contribution in [0, 0.1) is 34.5 Å². The molecule has 2 heterocycles. The second-order valence-corrected chi connectivity index (χ2v) is 21.5. The minimum absolute atomic E-state index is 0.0564. The van der Waals surface area contributed by atoms with Crippen molar-refractivity contribution in [2.75, 3.05) is 39.5 Å². The predicted octanol–water partition coefficient (Wildman–Crippen LogP) is 1.05. The highest BCUT2D eigenvalue weighted by Crippen LogP contribution is 2.34. The number of carbonyl (C=O) groups excluding carboxylic acids is 6. The molecule has 0 aromatic heterocycles. The average Bonchev–Trinajstić information content (AvgIpc) is 3.99. The van der Waals surface area contributed by atoms with E-state index in [2.05, 4.69) is 57.1 Å². The van der Waals surface area contributed by atoms with Crippen LogP contribution in [0.5, 0.6) is 0 Å². The number of hydrogen-bond acceptors (Lipinski definition) is 12. The molecule has 4 aliphatic rings. The highest BCUT2D eigenvalue weighted by molar-refractivity contribution is 5.95. The molecule has 1 unspecified atom stereocenters. The molecule has 2 aliphatic heterocycles. The van der Waals surface area contributed by atoms with E-state index < -0.39 is 96.1 Å². The van der Waals surface area contributed by atoms with Gasteiger partial charge in [-0.25, -0.2) is 0 Å². The second kappa shape index (κ2) is 24.7. The summed E-state index contributed by atoms with van der Waals surface area (Å²) in [5.41, 5.74) is 14.5. The summed E-state index contributed by atoms with van der Waals surface area (Å²) in [4.78, 5) is 85.7. The minimum atomic E-state index is -1.23. The number of carbonyl (C=O) groups is 6. The SMILES string of the molecule is CC(C)(C)[C@H](NC(=O)[C@@H](N)CO)C(=O)N1C[C@@H](OCC#CC#CCO[C@H]2C[C@@H](C(=O)N[C@@H]3CCCc4ccccc43)N(C(=O)[C@@H](NC(=O)[C@@H](N)CO)C(C)(C)C)C2)C[C@H]1C(=O)NC1CCCc2ccccc21. The molecule has 2 aromatic carbocycles. The van der Waals surface area contributed by atoms with Gasteiger partial charge < -0.3 is 62.2 Å². The minimum Gasteiger partial charge on any atom is -0.394 e. The summed E-state index contributed by atoms with van der Waals surface area (Å²) in [7, 11) is 0. The van der Waals surface area contributed by atoms with E-state index in [1.807, 2.05) is 36.4 Å². The van der Waals surface area contributed by atoms with Gasteiger partial charge in [-0.15, -0.1) is 0 Å². The fourth-order valence-electron chi connectivity index (χ4n) is 9.94. The molecule has 390 valence electrons. The van der Waals surface area contributed by atoms with E-state index in [9.17, 15) is 39.0 Å². The number of ether oxygens (including phenoxy) is 2. The number of benzene rings is 2. The lowest BCUT2D eigenvalue weighted by Crippen LogP contribution is -2.60. The van der Waals surface area contributed by atoms with Crippen molar-refractivity contribution in [2.24, 2.45) is 22.3 Å². The van der Waals surface area contributed by atoms with Crippen molar-refractivity contribution >= 4 is 35.4 Å². The van der Waals surface area contributed by atoms with Crippen LogP contribution in [0.15, 0.2) is 48.5 Å². The van der Waals surface area contributed by atoms with Crippen LogP contribution in [0.3, 0.4) is 0 Å². The van der Waals surface area contributed by atoms with Gasteiger partial charge in [-0.05, 0) is 83.4 Å². The zero-order valence-electron chi connectivity index (χ0n) is 42.5. The fourth-order valence-corrected chi connectivity index (χ4v) is 9.94. The van der Waals surface area contributed by atoms with Crippen LogP contribution >= 0.6 is 0 Å². The molecule has 18 nitrogen and oxygen atoms in total. The van der Waals surface area contributed by atoms with Gasteiger partial charge in [0.15, 0.2) is 0 Å². The summed E-state index contributed by atoms with van der Waals surface area (Å²) in [6.07, 6.45) is 4.34. The topological polar surface area (TPSA) is 268 Å².